The lowest BCUT2D eigenvalue weighted by Gasteiger charge is -2.18. The second kappa shape index (κ2) is 48.3. The molecule has 0 heterocycles. The molecule has 0 fully saturated rings. The molecule has 1 unspecified atom stereocenters. The van der Waals surface area contributed by atoms with Gasteiger partial charge in [0.2, 0.25) is 0 Å². The molecule has 0 radical (unpaired) electrons. The first-order chi connectivity index (χ1) is 29.0. The van der Waals surface area contributed by atoms with Crippen LogP contribution >= 0.6 is 0 Å². The van der Waals surface area contributed by atoms with E-state index in [1.807, 2.05) is 0 Å². The van der Waals surface area contributed by atoms with Crippen molar-refractivity contribution in [2.45, 2.75) is 271 Å². The topological polar surface area (TPSA) is 78.9 Å². The van der Waals surface area contributed by atoms with Crippen LogP contribution in [0, 0.1) is 0 Å². The van der Waals surface area contributed by atoms with Crippen molar-refractivity contribution in [3.8, 4) is 0 Å². The lowest BCUT2D eigenvalue weighted by Crippen LogP contribution is -2.30. The first-order valence-corrected chi connectivity index (χ1v) is 25.5. The maximum atomic E-state index is 12.8. The summed E-state index contributed by atoms with van der Waals surface area (Å²) in [5, 5.41) is 0. The molecule has 0 aliphatic rings. The van der Waals surface area contributed by atoms with Crippen molar-refractivity contribution in [1.29, 1.82) is 0 Å². The molecular formula is C53H96O6. The summed E-state index contributed by atoms with van der Waals surface area (Å²) in [6.45, 7) is 6.52. The maximum absolute atomic E-state index is 12.8. The maximum Gasteiger partial charge on any atom is 0.306 e. The van der Waals surface area contributed by atoms with Crippen molar-refractivity contribution < 1.29 is 28.6 Å². The van der Waals surface area contributed by atoms with E-state index in [9.17, 15) is 14.4 Å². The Morgan fingerprint density at radius 1 is 0.356 bits per heavy atom. The van der Waals surface area contributed by atoms with Crippen LogP contribution in [-0.2, 0) is 28.6 Å². The predicted octanol–water partition coefficient (Wildman–Crippen LogP) is 16.5. The average Bonchev–Trinajstić information content (AvgIpc) is 3.23. The van der Waals surface area contributed by atoms with Gasteiger partial charge in [-0.05, 0) is 51.4 Å². The normalized spacial score (nSPS) is 12.3. The molecule has 0 N–H and O–H groups in total. The molecule has 344 valence electrons. The van der Waals surface area contributed by atoms with Gasteiger partial charge in [0.1, 0.15) is 13.2 Å². The molecule has 6 heteroatoms. The lowest BCUT2D eigenvalue weighted by molar-refractivity contribution is -0.167. The van der Waals surface area contributed by atoms with Crippen LogP contribution in [0.2, 0.25) is 0 Å². The fourth-order valence-electron chi connectivity index (χ4n) is 7.34. The van der Waals surface area contributed by atoms with Gasteiger partial charge in [0, 0.05) is 19.3 Å². The number of unbranched alkanes of at least 4 members (excludes halogenated alkanes) is 29. The molecule has 0 aromatic rings. The molecule has 0 aliphatic heterocycles. The van der Waals surface area contributed by atoms with Crippen LogP contribution in [0.5, 0.6) is 0 Å². The molecule has 0 saturated heterocycles. The molecule has 59 heavy (non-hydrogen) atoms. The zero-order valence-corrected chi connectivity index (χ0v) is 39.3. The standard InChI is InChI=1S/C53H96O6/c1-4-7-10-13-16-19-21-23-25-26-28-29-31-34-37-40-43-46-52(55)58-49-50(48-57-51(54)45-42-39-36-33-18-15-12-9-6-3)59-53(56)47-44-41-38-35-32-30-27-24-22-20-17-14-11-8-5-2/h7,10,16,19,23,25,50H,4-6,8-9,11-15,17-18,20-22,24,26-49H2,1-3H3/b10-7-,19-16-,25-23-. The first kappa shape index (κ1) is 56.6. The van der Waals surface area contributed by atoms with Crippen molar-refractivity contribution in [1.82, 2.24) is 0 Å². The van der Waals surface area contributed by atoms with Crippen LogP contribution in [0.15, 0.2) is 36.5 Å². The Hall–Kier alpha value is -2.37. The van der Waals surface area contributed by atoms with Crippen LogP contribution in [0.3, 0.4) is 0 Å². The lowest BCUT2D eigenvalue weighted by atomic mass is 10.0. The number of carbonyl (C=O) groups excluding carboxylic acids is 3. The summed E-state index contributed by atoms with van der Waals surface area (Å²) in [5.41, 5.74) is 0. The Bertz CT molecular complexity index is 1000. The third kappa shape index (κ3) is 46.5. The minimum atomic E-state index is -0.769. The van der Waals surface area contributed by atoms with E-state index in [0.29, 0.717) is 19.3 Å². The molecule has 0 aromatic heterocycles. The molecule has 6 nitrogen and oxygen atoms in total. The summed E-state index contributed by atoms with van der Waals surface area (Å²) in [7, 11) is 0. The number of hydrogen-bond acceptors (Lipinski definition) is 6. The number of allylic oxidation sites excluding steroid dienone is 6. The minimum absolute atomic E-state index is 0.0715. The van der Waals surface area contributed by atoms with E-state index in [2.05, 4.69) is 57.2 Å². The highest BCUT2D eigenvalue weighted by atomic mass is 16.6. The Kier molecular flexibility index (Phi) is 46.4. The molecule has 0 aromatic carbocycles. The van der Waals surface area contributed by atoms with Gasteiger partial charge in [-0.3, -0.25) is 14.4 Å². The SMILES string of the molecule is CC/C=C\C/C=C\C/C=C\CCCCCCCCCC(=O)OCC(COC(=O)CCCCCCCCCCC)OC(=O)CCCCCCCCCCCCCCCCC. The van der Waals surface area contributed by atoms with E-state index in [-0.39, 0.29) is 31.1 Å². The van der Waals surface area contributed by atoms with Gasteiger partial charge >= 0.3 is 17.9 Å². The summed E-state index contributed by atoms with van der Waals surface area (Å²) >= 11 is 0. The zero-order valence-electron chi connectivity index (χ0n) is 39.3. The second-order valence-electron chi connectivity index (χ2n) is 17.1. The van der Waals surface area contributed by atoms with E-state index >= 15 is 0 Å². The van der Waals surface area contributed by atoms with E-state index in [0.717, 1.165) is 83.5 Å². The largest absolute Gasteiger partial charge is 0.462 e. The van der Waals surface area contributed by atoms with E-state index in [1.165, 1.54) is 141 Å². The van der Waals surface area contributed by atoms with Crippen molar-refractivity contribution >= 4 is 17.9 Å². The van der Waals surface area contributed by atoms with Gasteiger partial charge < -0.3 is 14.2 Å². The molecule has 0 saturated carbocycles. The highest BCUT2D eigenvalue weighted by Gasteiger charge is 2.19. The van der Waals surface area contributed by atoms with Crippen LogP contribution in [0.4, 0.5) is 0 Å². The highest BCUT2D eigenvalue weighted by Crippen LogP contribution is 2.16. The number of esters is 3. The second-order valence-corrected chi connectivity index (χ2v) is 17.1. The average molecular weight is 829 g/mol. The summed E-state index contributed by atoms with van der Waals surface area (Å²) in [4.78, 5) is 37.9. The molecule has 0 amide bonds. The number of rotatable bonds is 46. The van der Waals surface area contributed by atoms with Crippen LogP contribution in [0.25, 0.3) is 0 Å². The minimum Gasteiger partial charge on any atom is -0.462 e. The zero-order chi connectivity index (χ0) is 43.0. The van der Waals surface area contributed by atoms with Crippen molar-refractivity contribution in [3.63, 3.8) is 0 Å². The van der Waals surface area contributed by atoms with Crippen molar-refractivity contribution in [3.05, 3.63) is 36.5 Å². The monoisotopic (exact) mass is 829 g/mol. The fraction of sp³-hybridized carbons (Fsp3) is 0.830. The Morgan fingerprint density at radius 3 is 1.03 bits per heavy atom. The summed E-state index contributed by atoms with van der Waals surface area (Å²) in [6, 6.07) is 0. The number of ether oxygens (including phenoxy) is 3. The molecule has 0 aliphatic carbocycles. The van der Waals surface area contributed by atoms with E-state index in [1.54, 1.807) is 0 Å². The van der Waals surface area contributed by atoms with Gasteiger partial charge in [-0.2, -0.15) is 0 Å². The smallest absolute Gasteiger partial charge is 0.306 e. The molecule has 1 atom stereocenters. The Balaban J connectivity index is 4.31. The molecular weight excluding hydrogens is 733 g/mol. The molecule has 0 bridgehead atoms. The van der Waals surface area contributed by atoms with Gasteiger partial charge in [0.05, 0.1) is 0 Å². The first-order valence-electron chi connectivity index (χ1n) is 25.5. The third-order valence-corrected chi connectivity index (χ3v) is 11.2. The Labute approximate surface area is 365 Å². The van der Waals surface area contributed by atoms with Gasteiger partial charge in [-0.1, -0.05) is 231 Å². The van der Waals surface area contributed by atoms with E-state index in [4.69, 9.17) is 14.2 Å². The summed E-state index contributed by atoms with van der Waals surface area (Å²) < 4.78 is 16.8. The van der Waals surface area contributed by atoms with E-state index < -0.39 is 6.10 Å². The van der Waals surface area contributed by atoms with Crippen molar-refractivity contribution in [2.75, 3.05) is 13.2 Å². The van der Waals surface area contributed by atoms with Crippen LogP contribution in [-0.4, -0.2) is 37.2 Å². The third-order valence-electron chi connectivity index (χ3n) is 11.2. The van der Waals surface area contributed by atoms with Gasteiger partial charge in [-0.25, -0.2) is 0 Å². The van der Waals surface area contributed by atoms with Gasteiger partial charge in [-0.15, -0.1) is 0 Å². The highest BCUT2D eigenvalue weighted by molar-refractivity contribution is 5.71. The summed E-state index contributed by atoms with van der Waals surface area (Å²) in [5.74, 6) is -0.873. The predicted molar refractivity (Wildman–Crippen MR) is 252 cm³/mol. The quantitative estimate of drug-likeness (QED) is 0.0263. The van der Waals surface area contributed by atoms with Crippen molar-refractivity contribution in [2.24, 2.45) is 0 Å². The summed E-state index contributed by atoms with van der Waals surface area (Å²) in [6.07, 6.45) is 55.6. The molecule has 0 spiro atoms. The van der Waals surface area contributed by atoms with Crippen LogP contribution < -0.4 is 0 Å². The fourth-order valence-corrected chi connectivity index (χ4v) is 7.34. The van der Waals surface area contributed by atoms with Gasteiger partial charge in [0.15, 0.2) is 6.10 Å². The number of hydrogen-bond donors (Lipinski definition) is 0. The Morgan fingerprint density at radius 2 is 0.661 bits per heavy atom. The number of carbonyl (C=O) groups is 3. The van der Waals surface area contributed by atoms with Crippen LogP contribution in [0.1, 0.15) is 265 Å². The van der Waals surface area contributed by atoms with Gasteiger partial charge in [0.25, 0.3) is 0 Å². The molecule has 0 rings (SSSR count).